The molecule has 0 radical (unpaired) electrons. The van der Waals surface area contributed by atoms with Gasteiger partial charge in [-0.1, -0.05) is 18.2 Å². The van der Waals surface area contributed by atoms with Crippen LogP contribution in [-0.4, -0.2) is 46.8 Å². The summed E-state index contributed by atoms with van der Waals surface area (Å²) in [6, 6.07) is 7.01. The highest BCUT2D eigenvalue weighted by molar-refractivity contribution is 6.26. The molecule has 2 aliphatic rings. The molecule has 8 nitrogen and oxygen atoms in total. The zero-order valence-electron chi connectivity index (χ0n) is 16.8. The number of nitrogens with zero attached hydrogens (tertiary/aromatic N) is 2. The summed E-state index contributed by atoms with van der Waals surface area (Å²) in [5.74, 6) is -1.80. The van der Waals surface area contributed by atoms with Crippen LogP contribution in [0.5, 0.6) is 0 Å². The number of benzene rings is 1. The third-order valence-electron chi connectivity index (χ3n) is 4.86. The number of carbonyl (C=O) groups excluding carboxylic acids is 3. The number of esters is 1. The third kappa shape index (κ3) is 3.80. The van der Waals surface area contributed by atoms with E-state index in [1.807, 2.05) is 0 Å². The molecular formula is C23H18N2O6. The van der Waals surface area contributed by atoms with Crippen LogP contribution in [0.1, 0.15) is 17.4 Å². The molecule has 0 saturated heterocycles. The van der Waals surface area contributed by atoms with Crippen LogP contribution in [0.15, 0.2) is 77.9 Å². The molecule has 0 amide bonds. The normalized spacial score (nSPS) is 20.6. The first-order chi connectivity index (χ1) is 14.9. The number of ketones is 2. The predicted octanol–water partition coefficient (Wildman–Crippen LogP) is 2.62. The zero-order valence-corrected chi connectivity index (χ0v) is 16.8. The highest BCUT2D eigenvalue weighted by Crippen LogP contribution is 2.33. The predicted molar refractivity (Wildman–Crippen MR) is 110 cm³/mol. The molecule has 0 saturated carbocycles. The van der Waals surface area contributed by atoms with Gasteiger partial charge in [-0.25, -0.2) is 9.78 Å². The lowest BCUT2D eigenvalue weighted by atomic mass is 9.80. The monoisotopic (exact) mass is 418 g/mol. The van der Waals surface area contributed by atoms with Crippen molar-refractivity contribution in [3.63, 3.8) is 0 Å². The molecule has 156 valence electrons. The van der Waals surface area contributed by atoms with E-state index >= 15 is 0 Å². The molecule has 0 N–H and O–H groups in total. The molecule has 1 aliphatic heterocycles. The second-order valence-corrected chi connectivity index (χ2v) is 7.01. The fraction of sp³-hybridized carbons (Fsp3) is 0.174. The maximum atomic E-state index is 13.0. The van der Waals surface area contributed by atoms with Crippen molar-refractivity contribution >= 4 is 28.6 Å². The Kier molecular flexibility index (Phi) is 5.31. The number of methoxy groups -OCH3 is 1. The molecule has 0 spiro atoms. The molecular weight excluding hydrogens is 400 g/mol. The van der Waals surface area contributed by atoms with E-state index in [4.69, 9.17) is 14.2 Å². The first-order valence-corrected chi connectivity index (χ1v) is 9.43. The van der Waals surface area contributed by atoms with Crippen LogP contribution in [0, 0.1) is 0 Å². The Bertz CT molecular complexity index is 1220. The van der Waals surface area contributed by atoms with Gasteiger partial charge in [0.1, 0.15) is 12.0 Å². The number of fused-ring (bicyclic) bond motifs is 2. The lowest BCUT2D eigenvalue weighted by molar-refractivity contribution is -0.145. The minimum absolute atomic E-state index is 0.102. The van der Waals surface area contributed by atoms with Crippen LogP contribution in [0.2, 0.25) is 0 Å². The molecule has 1 atom stereocenters. The quantitative estimate of drug-likeness (QED) is 0.539. The lowest BCUT2D eigenvalue weighted by Crippen LogP contribution is -2.50. The van der Waals surface area contributed by atoms with Crippen LogP contribution in [0.4, 0.5) is 0 Å². The van der Waals surface area contributed by atoms with Gasteiger partial charge >= 0.3 is 5.97 Å². The number of hydrogen-bond donors (Lipinski definition) is 0. The first-order valence-electron chi connectivity index (χ1n) is 9.43. The molecule has 2 heterocycles. The van der Waals surface area contributed by atoms with E-state index in [1.54, 1.807) is 49.6 Å². The lowest BCUT2D eigenvalue weighted by Gasteiger charge is -2.31. The first kappa shape index (κ1) is 20.4. The van der Waals surface area contributed by atoms with Crippen LogP contribution in [-0.2, 0) is 23.8 Å². The van der Waals surface area contributed by atoms with E-state index in [0.717, 1.165) is 0 Å². The van der Waals surface area contributed by atoms with Gasteiger partial charge in [0.25, 0.3) is 0 Å². The van der Waals surface area contributed by atoms with E-state index in [1.165, 1.54) is 25.5 Å². The SMILES string of the molecule is COC/C=C/C1=CC2=CC(=O)C(C)(OC(=O)c3cnc4ccccc4n3)C(=O)C2=CO1. The van der Waals surface area contributed by atoms with Crippen molar-refractivity contribution in [2.24, 2.45) is 0 Å². The van der Waals surface area contributed by atoms with E-state index in [-0.39, 0.29) is 11.3 Å². The molecule has 2 aromatic rings. The van der Waals surface area contributed by atoms with Gasteiger partial charge in [-0.05, 0) is 42.9 Å². The molecule has 0 bridgehead atoms. The fourth-order valence-electron chi connectivity index (χ4n) is 3.15. The summed E-state index contributed by atoms with van der Waals surface area (Å²) < 4.78 is 15.7. The number of Topliss-reactive ketones (excluding diaryl/α,β-unsaturated/α-hetero) is 1. The summed E-state index contributed by atoms with van der Waals surface area (Å²) in [5, 5.41) is 0. The molecule has 1 unspecified atom stereocenters. The largest absolute Gasteiger partial charge is 0.464 e. The number of ether oxygens (including phenoxy) is 3. The molecule has 0 fully saturated rings. The topological polar surface area (TPSA) is 105 Å². The van der Waals surface area contributed by atoms with Gasteiger partial charge in [-0.15, -0.1) is 0 Å². The number of carbonyl (C=O) groups is 3. The smallest absolute Gasteiger partial charge is 0.360 e. The van der Waals surface area contributed by atoms with E-state index < -0.39 is 23.1 Å². The molecule has 1 aromatic heterocycles. The minimum Gasteiger partial charge on any atom is -0.464 e. The summed E-state index contributed by atoms with van der Waals surface area (Å²) in [4.78, 5) is 46.9. The van der Waals surface area contributed by atoms with E-state index in [9.17, 15) is 14.4 Å². The Morgan fingerprint density at radius 3 is 2.74 bits per heavy atom. The minimum atomic E-state index is -2.03. The Labute approximate surface area is 177 Å². The highest BCUT2D eigenvalue weighted by atomic mass is 16.6. The molecule has 8 heteroatoms. The number of hydrogen-bond acceptors (Lipinski definition) is 8. The maximum Gasteiger partial charge on any atom is 0.360 e. The van der Waals surface area contributed by atoms with Crippen molar-refractivity contribution in [3.05, 3.63) is 83.6 Å². The van der Waals surface area contributed by atoms with E-state index in [2.05, 4.69) is 9.97 Å². The summed E-state index contributed by atoms with van der Waals surface area (Å²) in [6.07, 6.45) is 8.71. The number of para-hydroxylation sites is 2. The van der Waals surface area contributed by atoms with Crippen LogP contribution in [0.25, 0.3) is 11.0 Å². The average Bonchev–Trinajstić information content (AvgIpc) is 2.77. The van der Waals surface area contributed by atoms with Crippen molar-refractivity contribution in [1.29, 1.82) is 0 Å². The van der Waals surface area contributed by atoms with Gasteiger partial charge in [0, 0.05) is 7.11 Å². The molecule has 1 aliphatic carbocycles. The fourth-order valence-corrected chi connectivity index (χ4v) is 3.15. The van der Waals surface area contributed by atoms with Crippen molar-refractivity contribution < 1.29 is 28.6 Å². The number of rotatable bonds is 5. The second-order valence-electron chi connectivity index (χ2n) is 7.01. The van der Waals surface area contributed by atoms with Crippen LogP contribution >= 0.6 is 0 Å². The van der Waals surface area contributed by atoms with E-state index in [0.29, 0.717) is 29.0 Å². The zero-order chi connectivity index (χ0) is 22.0. The van der Waals surface area contributed by atoms with Gasteiger partial charge in [-0.3, -0.25) is 14.6 Å². The van der Waals surface area contributed by atoms with Gasteiger partial charge in [0.15, 0.2) is 5.69 Å². The van der Waals surface area contributed by atoms with Crippen LogP contribution < -0.4 is 0 Å². The second kappa shape index (κ2) is 8.08. The Balaban J connectivity index is 1.59. The Hall–Kier alpha value is -3.91. The molecule has 1 aromatic carbocycles. The Morgan fingerprint density at radius 2 is 1.97 bits per heavy atom. The average molecular weight is 418 g/mol. The van der Waals surface area contributed by atoms with Gasteiger partial charge in [0.05, 0.1) is 29.4 Å². The van der Waals surface area contributed by atoms with Gasteiger partial charge < -0.3 is 14.2 Å². The van der Waals surface area contributed by atoms with Crippen LogP contribution in [0.3, 0.4) is 0 Å². The molecule has 4 rings (SSSR count). The third-order valence-corrected chi connectivity index (χ3v) is 4.86. The van der Waals surface area contributed by atoms with Gasteiger partial charge in [-0.2, -0.15) is 0 Å². The summed E-state index contributed by atoms with van der Waals surface area (Å²) >= 11 is 0. The van der Waals surface area contributed by atoms with Crippen molar-refractivity contribution in [2.75, 3.05) is 13.7 Å². The highest BCUT2D eigenvalue weighted by Gasteiger charge is 2.49. The number of aromatic nitrogens is 2. The van der Waals surface area contributed by atoms with Crippen molar-refractivity contribution in [1.82, 2.24) is 9.97 Å². The van der Waals surface area contributed by atoms with Gasteiger partial charge in [0.2, 0.25) is 17.2 Å². The summed E-state index contributed by atoms with van der Waals surface area (Å²) in [5.41, 5.74) is -0.502. The summed E-state index contributed by atoms with van der Waals surface area (Å²) in [7, 11) is 1.56. The molecule has 31 heavy (non-hydrogen) atoms. The number of allylic oxidation sites excluding steroid dienone is 3. The maximum absolute atomic E-state index is 13.0. The Morgan fingerprint density at radius 1 is 1.19 bits per heavy atom. The van der Waals surface area contributed by atoms with Crippen molar-refractivity contribution in [3.8, 4) is 0 Å². The van der Waals surface area contributed by atoms with Crippen molar-refractivity contribution in [2.45, 2.75) is 12.5 Å². The summed E-state index contributed by atoms with van der Waals surface area (Å²) in [6.45, 7) is 1.65. The standard InChI is InChI=1S/C23H18N2O6/c1-23(31-22(28)19-12-24-17-7-3-4-8-18(17)25-19)20(26)11-14-10-15(6-5-9-29-2)30-13-16(14)21(23)27/h3-8,10-13H,9H2,1-2H3/b6-5+.